The van der Waals surface area contributed by atoms with E-state index in [0.717, 1.165) is 54.2 Å². The van der Waals surface area contributed by atoms with Gasteiger partial charge in [0.05, 0.1) is 0 Å². The molecule has 0 bridgehead atoms. The minimum Gasteiger partial charge on any atom is -0.326 e. The smallest absolute Gasteiger partial charge is 0.226 e. The summed E-state index contributed by atoms with van der Waals surface area (Å²) in [6, 6.07) is 3.78. The lowest BCUT2D eigenvalue weighted by Crippen LogP contribution is -2.54. The van der Waals surface area contributed by atoms with Gasteiger partial charge in [-0.25, -0.2) is 0 Å². The Morgan fingerprint density at radius 2 is 2.03 bits per heavy atom. The number of fused-ring (bicyclic) bond motifs is 5. The van der Waals surface area contributed by atoms with E-state index in [1.165, 1.54) is 6.42 Å². The average Bonchev–Trinajstić information content (AvgIpc) is 3.07. The lowest BCUT2D eigenvalue weighted by atomic mass is 9.49. The first-order valence-electron chi connectivity index (χ1n) is 12.5. The van der Waals surface area contributed by atoms with Crippen LogP contribution in [0.2, 0.25) is 0 Å². The van der Waals surface area contributed by atoms with Crippen LogP contribution in [0.3, 0.4) is 0 Å². The highest BCUT2D eigenvalue weighted by molar-refractivity contribution is 6.30. The molecule has 0 radical (unpaired) electrons. The van der Waals surface area contributed by atoms with Gasteiger partial charge in [0.25, 0.3) is 0 Å². The van der Waals surface area contributed by atoms with E-state index in [2.05, 4.69) is 24.1 Å². The van der Waals surface area contributed by atoms with Crippen LogP contribution in [0.5, 0.6) is 0 Å². The van der Waals surface area contributed by atoms with Gasteiger partial charge < -0.3 is 10.2 Å². The predicted molar refractivity (Wildman–Crippen MR) is 130 cm³/mol. The number of likely N-dealkylation sites (tertiary alicyclic amines) is 1. The first-order chi connectivity index (χ1) is 15.6. The molecule has 0 aromatic carbocycles. The molecule has 178 valence electrons. The Kier molecular flexibility index (Phi) is 5.63. The molecule has 2 amide bonds. The molecule has 0 spiro atoms. The van der Waals surface area contributed by atoms with Gasteiger partial charge in [-0.2, -0.15) is 0 Å². The number of carbonyl (C=O) groups is 2. The van der Waals surface area contributed by atoms with Gasteiger partial charge in [-0.3, -0.25) is 14.6 Å². The third-order valence-corrected chi connectivity index (χ3v) is 10.2. The van der Waals surface area contributed by atoms with Crippen LogP contribution >= 0.6 is 11.6 Å². The summed E-state index contributed by atoms with van der Waals surface area (Å²) in [5, 5.41) is 3.99. The number of amides is 2. The van der Waals surface area contributed by atoms with Crippen LogP contribution < -0.4 is 5.32 Å². The van der Waals surface area contributed by atoms with E-state index >= 15 is 0 Å². The molecule has 6 atom stereocenters. The van der Waals surface area contributed by atoms with Crippen molar-refractivity contribution in [3.05, 3.63) is 34.8 Å². The summed E-state index contributed by atoms with van der Waals surface area (Å²) in [4.78, 5) is 31.4. The van der Waals surface area contributed by atoms with Crippen LogP contribution in [0, 0.1) is 41.4 Å². The third kappa shape index (κ3) is 3.62. The zero-order valence-electron chi connectivity index (χ0n) is 20.3. The highest BCUT2D eigenvalue weighted by Crippen LogP contribution is 2.67. The standard InChI is InChI=1S/C27H36ClN3O2/c1-16-13-18(9-12-29-16)30-23(32)14-17-5-6-20-19-15-22(28)25-27(3,11-8-24(33)31(25)4)21(19)7-10-26(17,20)2/h9,12-13,17,19-21H,5-8,10-11,14-15H2,1-4H3,(H,29,30,32)/t17?,19-,20-,21-,26+,27+/m0/s1. The molecule has 1 aliphatic heterocycles. The van der Waals surface area contributed by atoms with Crippen LogP contribution in [0.4, 0.5) is 5.69 Å². The second-order valence-corrected chi connectivity index (χ2v) is 11.9. The van der Waals surface area contributed by atoms with Crippen molar-refractivity contribution < 1.29 is 9.59 Å². The van der Waals surface area contributed by atoms with Crippen molar-refractivity contribution in [2.75, 3.05) is 12.4 Å². The summed E-state index contributed by atoms with van der Waals surface area (Å²) in [6.07, 6.45) is 9.32. The van der Waals surface area contributed by atoms with E-state index in [9.17, 15) is 9.59 Å². The van der Waals surface area contributed by atoms with Crippen LogP contribution in [0.1, 0.15) is 70.9 Å². The molecule has 2 heterocycles. The van der Waals surface area contributed by atoms with E-state index in [4.69, 9.17) is 11.6 Å². The Balaban J connectivity index is 1.35. The van der Waals surface area contributed by atoms with Crippen molar-refractivity contribution in [1.82, 2.24) is 9.88 Å². The van der Waals surface area contributed by atoms with E-state index < -0.39 is 0 Å². The number of piperidine rings is 1. The van der Waals surface area contributed by atoms with Crippen molar-refractivity contribution in [2.45, 2.75) is 72.1 Å². The van der Waals surface area contributed by atoms with Gasteiger partial charge in [-0.05, 0) is 86.7 Å². The summed E-state index contributed by atoms with van der Waals surface area (Å²) >= 11 is 6.94. The molecule has 1 saturated heterocycles. The monoisotopic (exact) mass is 469 g/mol. The molecular weight excluding hydrogens is 434 g/mol. The van der Waals surface area contributed by atoms with E-state index in [0.29, 0.717) is 36.5 Å². The first-order valence-corrected chi connectivity index (χ1v) is 12.9. The topological polar surface area (TPSA) is 62.3 Å². The number of hydrogen-bond donors (Lipinski definition) is 1. The summed E-state index contributed by atoms with van der Waals surface area (Å²) in [5.74, 6) is 2.40. The fraction of sp³-hybridized carbons (Fsp3) is 0.667. The third-order valence-electron chi connectivity index (χ3n) is 9.84. The van der Waals surface area contributed by atoms with Gasteiger partial charge in [0, 0.05) is 53.6 Å². The maximum absolute atomic E-state index is 12.9. The van der Waals surface area contributed by atoms with Gasteiger partial charge in [-0.15, -0.1) is 0 Å². The van der Waals surface area contributed by atoms with Crippen LogP contribution in [0.15, 0.2) is 29.1 Å². The zero-order chi connectivity index (χ0) is 23.5. The lowest BCUT2D eigenvalue weighted by Gasteiger charge is -2.59. The molecule has 33 heavy (non-hydrogen) atoms. The summed E-state index contributed by atoms with van der Waals surface area (Å²) in [6.45, 7) is 6.72. The molecule has 1 aromatic heterocycles. The maximum atomic E-state index is 12.9. The number of halogens is 1. The number of rotatable bonds is 3. The Labute approximate surface area is 202 Å². The minimum atomic E-state index is -0.0152. The van der Waals surface area contributed by atoms with E-state index in [-0.39, 0.29) is 22.6 Å². The molecule has 4 aliphatic rings. The summed E-state index contributed by atoms with van der Waals surface area (Å²) < 4.78 is 0. The van der Waals surface area contributed by atoms with Crippen LogP contribution in [0.25, 0.3) is 0 Å². The molecule has 5 nitrogen and oxygen atoms in total. The number of pyridine rings is 1. The van der Waals surface area contributed by atoms with Crippen molar-refractivity contribution in [3.8, 4) is 0 Å². The largest absolute Gasteiger partial charge is 0.326 e. The molecule has 1 aromatic rings. The Hall–Kier alpha value is -1.88. The SMILES string of the molecule is Cc1cc(NC(=O)CC2CC[C@H]3[C@@H]4CC(Cl)=C5N(C)C(=O)CC[C@]5(C)[C@H]4CC[C@]23C)ccn1. The van der Waals surface area contributed by atoms with Crippen molar-refractivity contribution in [2.24, 2.45) is 34.5 Å². The average molecular weight is 470 g/mol. The maximum Gasteiger partial charge on any atom is 0.226 e. The van der Waals surface area contributed by atoms with Crippen LogP contribution in [-0.4, -0.2) is 28.7 Å². The number of hydrogen-bond acceptors (Lipinski definition) is 3. The summed E-state index contributed by atoms with van der Waals surface area (Å²) in [7, 11) is 1.90. The van der Waals surface area contributed by atoms with Crippen molar-refractivity contribution in [3.63, 3.8) is 0 Å². The number of allylic oxidation sites excluding steroid dienone is 2. The quantitative estimate of drug-likeness (QED) is 0.600. The Morgan fingerprint density at radius 3 is 2.79 bits per heavy atom. The van der Waals surface area contributed by atoms with Crippen LogP contribution in [-0.2, 0) is 9.59 Å². The molecule has 2 saturated carbocycles. The highest BCUT2D eigenvalue weighted by Gasteiger charge is 2.60. The zero-order valence-corrected chi connectivity index (χ0v) is 21.0. The number of anilines is 1. The van der Waals surface area contributed by atoms with Gasteiger partial charge in [0.15, 0.2) is 0 Å². The molecule has 3 fully saturated rings. The van der Waals surface area contributed by atoms with E-state index in [1.54, 1.807) is 6.20 Å². The number of aromatic nitrogens is 1. The summed E-state index contributed by atoms with van der Waals surface area (Å²) in [5.41, 5.74) is 2.99. The molecular formula is C27H36ClN3O2. The first kappa shape index (κ1) is 22.9. The van der Waals surface area contributed by atoms with Crippen molar-refractivity contribution >= 4 is 29.1 Å². The normalized spacial score (nSPS) is 38.0. The molecule has 1 N–H and O–H groups in total. The lowest BCUT2D eigenvalue weighted by molar-refractivity contribution is -0.136. The Morgan fingerprint density at radius 1 is 1.24 bits per heavy atom. The second kappa shape index (κ2) is 8.11. The Bertz CT molecular complexity index is 1020. The number of nitrogens with zero attached hydrogens (tertiary/aromatic N) is 2. The molecule has 3 aliphatic carbocycles. The molecule has 5 rings (SSSR count). The second-order valence-electron chi connectivity index (χ2n) is 11.5. The molecule has 1 unspecified atom stereocenters. The van der Waals surface area contributed by atoms with Gasteiger partial charge in [-0.1, -0.05) is 25.4 Å². The predicted octanol–water partition coefficient (Wildman–Crippen LogP) is 5.89. The fourth-order valence-electron chi connectivity index (χ4n) is 8.18. The number of aryl methyl sites for hydroxylation is 1. The highest BCUT2D eigenvalue weighted by atomic mass is 35.5. The minimum absolute atomic E-state index is 0.0152. The number of nitrogens with one attached hydrogen (secondary N) is 1. The molecule has 6 heteroatoms. The van der Waals surface area contributed by atoms with Gasteiger partial charge in [0.2, 0.25) is 11.8 Å². The van der Waals surface area contributed by atoms with Crippen molar-refractivity contribution in [1.29, 1.82) is 0 Å². The van der Waals surface area contributed by atoms with E-state index in [1.807, 2.05) is 31.0 Å². The van der Waals surface area contributed by atoms with Gasteiger partial charge in [0.1, 0.15) is 0 Å². The van der Waals surface area contributed by atoms with Gasteiger partial charge >= 0.3 is 0 Å². The fourth-order valence-corrected chi connectivity index (χ4v) is 8.70. The number of carbonyl (C=O) groups excluding carboxylic acids is 2.